The Kier molecular flexibility index (Phi) is 5.64. The Hall–Kier alpha value is -4.98. The van der Waals surface area contributed by atoms with Crippen molar-refractivity contribution < 1.29 is 19.1 Å². The average Bonchev–Trinajstić information content (AvgIpc) is 2.96. The van der Waals surface area contributed by atoms with Gasteiger partial charge >= 0.3 is 11.9 Å². The van der Waals surface area contributed by atoms with E-state index in [4.69, 9.17) is 29.4 Å². The molecule has 8 nitrogen and oxygen atoms in total. The zero-order valence-corrected chi connectivity index (χ0v) is 20.9. The molecule has 38 heavy (non-hydrogen) atoms. The van der Waals surface area contributed by atoms with Gasteiger partial charge in [0.2, 0.25) is 0 Å². The van der Waals surface area contributed by atoms with Gasteiger partial charge in [0.25, 0.3) is 0 Å². The molecule has 0 N–H and O–H groups in total. The second kappa shape index (κ2) is 9.15. The summed E-state index contributed by atoms with van der Waals surface area (Å²) in [4.78, 5) is 44.3. The largest absolute Gasteiger partial charge is 0.465 e. The van der Waals surface area contributed by atoms with Crippen LogP contribution in [-0.2, 0) is 9.47 Å². The highest BCUT2D eigenvalue weighted by Crippen LogP contribution is 2.35. The Balaban J connectivity index is 1.59. The first-order valence-electron chi connectivity index (χ1n) is 12.1. The molecule has 0 aliphatic carbocycles. The summed E-state index contributed by atoms with van der Waals surface area (Å²) in [6, 6.07) is 22.3. The lowest BCUT2D eigenvalue weighted by Crippen LogP contribution is -2.08. The van der Waals surface area contributed by atoms with Gasteiger partial charge in [-0.25, -0.2) is 29.5 Å². The lowest BCUT2D eigenvalue weighted by atomic mass is 9.90. The Morgan fingerprint density at radius 2 is 1.05 bits per heavy atom. The lowest BCUT2D eigenvalue weighted by molar-refractivity contribution is 0.0593. The summed E-state index contributed by atoms with van der Waals surface area (Å²) >= 11 is 0. The zero-order chi connectivity index (χ0) is 26.4. The van der Waals surface area contributed by atoms with Crippen LogP contribution in [-0.4, -0.2) is 46.1 Å². The first kappa shape index (κ1) is 23.4. The average molecular weight is 503 g/mol. The molecule has 6 aromatic rings. The standard InChI is InChI=1S/C30H22N4O4/c1-16(17-8-6-12-23-25(17)33-24-13-7-9-19(26(24)34-23)29(35)37-2)18-14-15-20(30(36)38-3)28-27(18)31-21-10-4-5-11-22(21)32-28/h4-16H,1-3H3. The van der Waals surface area contributed by atoms with Crippen molar-refractivity contribution in [1.82, 2.24) is 19.9 Å². The maximum absolute atomic E-state index is 12.6. The number of ether oxygens (including phenoxy) is 2. The predicted octanol–water partition coefficient (Wildman–Crippen LogP) is 5.60. The number of aromatic nitrogens is 4. The number of rotatable bonds is 4. The summed E-state index contributed by atoms with van der Waals surface area (Å²) in [5.74, 6) is -1.10. The maximum atomic E-state index is 12.6. The Morgan fingerprint density at radius 1 is 0.553 bits per heavy atom. The molecule has 186 valence electrons. The van der Waals surface area contributed by atoms with E-state index in [0.29, 0.717) is 49.7 Å². The van der Waals surface area contributed by atoms with Crippen LogP contribution in [0.5, 0.6) is 0 Å². The highest BCUT2D eigenvalue weighted by molar-refractivity contribution is 6.05. The summed E-state index contributed by atoms with van der Waals surface area (Å²) in [5, 5.41) is 0. The van der Waals surface area contributed by atoms with Gasteiger partial charge in [0.05, 0.1) is 58.4 Å². The molecular weight excluding hydrogens is 480 g/mol. The van der Waals surface area contributed by atoms with Crippen molar-refractivity contribution in [3.8, 4) is 0 Å². The molecule has 6 rings (SSSR count). The molecule has 0 fully saturated rings. The van der Waals surface area contributed by atoms with Gasteiger partial charge in [-0.15, -0.1) is 0 Å². The van der Waals surface area contributed by atoms with E-state index in [0.717, 1.165) is 16.6 Å². The topological polar surface area (TPSA) is 104 Å². The second-order valence-corrected chi connectivity index (χ2v) is 8.93. The molecule has 4 aromatic carbocycles. The van der Waals surface area contributed by atoms with Gasteiger partial charge in [-0.2, -0.15) is 0 Å². The van der Waals surface area contributed by atoms with Crippen molar-refractivity contribution in [2.45, 2.75) is 12.8 Å². The lowest BCUT2D eigenvalue weighted by Gasteiger charge is -2.18. The quantitative estimate of drug-likeness (QED) is 0.226. The van der Waals surface area contributed by atoms with Gasteiger partial charge in [-0.05, 0) is 47.5 Å². The van der Waals surface area contributed by atoms with Crippen LogP contribution in [0.4, 0.5) is 0 Å². The number of esters is 2. The minimum Gasteiger partial charge on any atom is -0.465 e. The molecule has 0 amide bonds. The van der Waals surface area contributed by atoms with Crippen molar-refractivity contribution in [1.29, 1.82) is 0 Å². The van der Waals surface area contributed by atoms with Gasteiger partial charge in [0.1, 0.15) is 11.0 Å². The fourth-order valence-electron chi connectivity index (χ4n) is 4.88. The summed E-state index contributed by atoms with van der Waals surface area (Å²) < 4.78 is 9.95. The Bertz CT molecular complexity index is 1920. The maximum Gasteiger partial charge on any atom is 0.340 e. The Labute approximate surface area is 217 Å². The summed E-state index contributed by atoms with van der Waals surface area (Å²) in [5.41, 5.74) is 7.54. The normalized spacial score (nSPS) is 12.2. The monoisotopic (exact) mass is 502 g/mol. The molecule has 0 aliphatic rings. The van der Waals surface area contributed by atoms with E-state index in [9.17, 15) is 9.59 Å². The van der Waals surface area contributed by atoms with Gasteiger partial charge in [-0.3, -0.25) is 0 Å². The third-order valence-corrected chi connectivity index (χ3v) is 6.80. The molecule has 0 saturated carbocycles. The third-order valence-electron chi connectivity index (χ3n) is 6.80. The van der Waals surface area contributed by atoms with Gasteiger partial charge in [0, 0.05) is 5.92 Å². The molecule has 1 atom stereocenters. The molecule has 0 radical (unpaired) electrons. The minimum atomic E-state index is -0.470. The molecular formula is C30H22N4O4. The molecule has 1 unspecified atom stereocenters. The van der Waals surface area contributed by atoms with E-state index in [1.807, 2.05) is 54.6 Å². The van der Waals surface area contributed by atoms with Crippen LogP contribution >= 0.6 is 0 Å². The second-order valence-electron chi connectivity index (χ2n) is 8.93. The van der Waals surface area contributed by atoms with Gasteiger partial charge in [-0.1, -0.05) is 43.3 Å². The van der Waals surface area contributed by atoms with Crippen molar-refractivity contribution >= 4 is 56.1 Å². The minimum absolute atomic E-state index is 0.168. The molecule has 0 saturated heterocycles. The SMILES string of the molecule is COC(=O)c1cccc2nc3c(C(C)c4ccc(C(=O)OC)c5nc6ccccc6nc45)cccc3nc12. The van der Waals surface area contributed by atoms with Crippen molar-refractivity contribution in [2.24, 2.45) is 0 Å². The number of hydrogen-bond acceptors (Lipinski definition) is 8. The highest BCUT2D eigenvalue weighted by atomic mass is 16.5. The van der Waals surface area contributed by atoms with Crippen LogP contribution in [0.1, 0.15) is 44.7 Å². The van der Waals surface area contributed by atoms with Crippen LogP contribution in [0, 0.1) is 0 Å². The van der Waals surface area contributed by atoms with Crippen LogP contribution in [0.15, 0.2) is 72.8 Å². The molecule has 2 aromatic heterocycles. The zero-order valence-electron chi connectivity index (χ0n) is 20.9. The number of carbonyl (C=O) groups is 2. The molecule has 0 bridgehead atoms. The summed E-state index contributed by atoms with van der Waals surface area (Å²) in [6.07, 6.45) is 0. The molecule has 2 heterocycles. The number of fused-ring (bicyclic) bond motifs is 4. The van der Waals surface area contributed by atoms with Crippen LogP contribution in [0.3, 0.4) is 0 Å². The Morgan fingerprint density at radius 3 is 1.74 bits per heavy atom. The van der Waals surface area contributed by atoms with E-state index >= 15 is 0 Å². The van der Waals surface area contributed by atoms with Crippen molar-refractivity contribution in [3.63, 3.8) is 0 Å². The van der Waals surface area contributed by atoms with Crippen LogP contribution in [0.2, 0.25) is 0 Å². The molecule has 0 spiro atoms. The van der Waals surface area contributed by atoms with Gasteiger partial charge < -0.3 is 9.47 Å². The number of benzene rings is 4. The van der Waals surface area contributed by atoms with Crippen LogP contribution < -0.4 is 0 Å². The van der Waals surface area contributed by atoms with Gasteiger partial charge in [0.15, 0.2) is 0 Å². The molecule has 0 aliphatic heterocycles. The number of methoxy groups -OCH3 is 2. The third kappa shape index (κ3) is 3.69. The predicted molar refractivity (Wildman–Crippen MR) is 144 cm³/mol. The van der Waals surface area contributed by atoms with E-state index in [2.05, 4.69) is 6.92 Å². The van der Waals surface area contributed by atoms with Crippen molar-refractivity contribution in [3.05, 3.63) is 95.1 Å². The fourth-order valence-corrected chi connectivity index (χ4v) is 4.88. The van der Waals surface area contributed by atoms with E-state index in [-0.39, 0.29) is 5.92 Å². The highest BCUT2D eigenvalue weighted by Gasteiger charge is 2.22. The number of nitrogens with zero attached hydrogens (tertiary/aromatic N) is 4. The first-order valence-corrected chi connectivity index (χ1v) is 12.1. The first-order chi connectivity index (χ1) is 18.5. The van der Waals surface area contributed by atoms with E-state index in [1.54, 1.807) is 18.2 Å². The van der Waals surface area contributed by atoms with Crippen molar-refractivity contribution in [2.75, 3.05) is 14.2 Å². The number of carbonyl (C=O) groups excluding carboxylic acids is 2. The fraction of sp³-hybridized carbons (Fsp3) is 0.133. The summed E-state index contributed by atoms with van der Waals surface area (Å²) in [6.45, 7) is 2.06. The smallest absolute Gasteiger partial charge is 0.340 e. The number of hydrogen-bond donors (Lipinski definition) is 0. The van der Waals surface area contributed by atoms with Crippen LogP contribution in [0.25, 0.3) is 44.1 Å². The van der Waals surface area contributed by atoms with E-state index in [1.165, 1.54) is 14.2 Å². The molecule has 8 heteroatoms. The number of para-hydroxylation sites is 4. The summed E-state index contributed by atoms with van der Waals surface area (Å²) in [7, 11) is 2.70. The van der Waals surface area contributed by atoms with E-state index < -0.39 is 11.9 Å².